The number of halogens is 1. The largest absolute Gasteiger partial charge is 0.496 e. The van der Waals surface area contributed by atoms with Gasteiger partial charge in [-0.05, 0) is 20.8 Å². The Morgan fingerprint density at radius 1 is 1.20 bits per heavy atom. The Balaban J connectivity index is 2.21. The van der Waals surface area contributed by atoms with Gasteiger partial charge in [-0.2, -0.15) is 0 Å². The van der Waals surface area contributed by atoms with Crippen LogP contribution < -0.4 is 10.1 Å². The smallest absolute Gasteiger partial charge is 0.148 e. The third-order valence-electron chi connectivity index (χ3n) is 3.04. The van der Waals surface area contributed by atoms with Gasteiger partial charge in [0.2, 0.25) is 0 Å². The maximum atomic E-state index is 6.05. The molecule has 6 heteroatoms. The van der Waals surface area contributed by atoms with Crippen molar-refractivity contribution in [2.75, 3.05) is 12.4 Å². The van der Waals surface area contributed by atoms with Gasteiger partial charge in [0, 0.05) is 17.3 Å². The van der Waals surface area contributed by atoms with E-state index in [9.17, 15) is 0 Å². The summed E-state index contributed by atoms with van der Waals surface area (Å²) in [6.07, 6.45) is 3.39. The molecule has 0 saturated heterocycles. The van der Waals surface area contributed by atoms with Crippen molar-refractivity contribution in [2.45, 2.75) is 27.3 Å². The van der Waals surface area contributed by atoms with E-state index in [1.807, 2.05) is 20.8 Å². The summed E-state index contributed by atoms with van der Waals surface area (Å²) >= 11 is 6.05. The second-order valence-electron chi connectivity index (χ2n) is 4.51. The highest BCUT2D eigenvalue weighted by atomic mass is 35.5. The van der Waals surface area contributed by atoms with Crippen molar-refractivity contribution < 1.29 is 4.74 Å². The average Bonchev–Trinajstić information content (AvgIpc) is 2.42. The van der Waals surface area contributed by atoms with Crippen LogP contribution in [0.1, 0.15) is 22.6 Å². The summed E-state index contributed by atoms with van der Waals surface area (Å²) in [5.41, 5.74) is 2.94. The molecule has 0 radical (unpaired) electrons. The fourth-order valence-electron chi connectivity index (χ4n) is 2.00. The number of anilines is 1. The lowest BCUT2D eigenvalue weighted by Crippen LogP contribution is -2.08. The highest BCUT2D eigenvalue weighted by Crippen LogP contribution is 2.25. The quantitative estimate of drug-likeness (QED) is 0.938. The maximum absolute atomic E-state index is 6.05. The van der Waals surface area contributed by atoms with Gasteiger partial charge in [-0.15, -0.1) is 0 Å². The average molecular weight is 293 g/mol. The molecule has 1 N–H and O–H groups in total. The van der Waals surface area contributed by atoms with Gasteiger partial charge < -0.3 is 10.1 Å². The normalized spacial score (nSPS) is 10.4. The summed E-state index contributed by atoms with van der Waals surface area (Å²) in [6.45, 7) is 6.31. The molecule has 0 bridgehead atoms. The summed E-state index contributed by atoms with van der Waals surface area (Å²) in [4.78, 5) is 12.7. The summed E-state index contributed by atoms with van der Waals surface area (Å²) in [6, 6.07) is 0. The molecule has 0 aromatic carbocycles. The zero-order valence-electron chi connectivity index (χ0n) is 12.0. The van der Waals surface area contributed by atoms with Crippen LogP contribution in [0.25, 0.3) is 0 Å². The lowest BCUT2D eigenvalue weighted by molar-refractivity contribution is 0.407. The van der Waals surface area contributed by atoms with E-state index in [0.717, 1.165) is 22.6 Å². The van der Waals surface area contributed by atoms with Crippen molar-refractivity contribution in [2.24, 2.45) is 0 Å². The van der Waals surface area contributed by atoms with Crippen LogP contribution in [0.3, 0.4) is 0 Å². The molecule has 2 rings (SSSR count). The van der Waals surface area contributed by atoms with Crippen LogP contribution >= 0.6 is 11.6 Å². The van der Waals surface area contributed by atoms with Crippen molar-refractivity contribution in [3.05, 3.63) is 40.1 Å². The van der Waals surface area contributed by atoms with Crippen LogP contribution in [0.2, 0.25) is 5.02 Å². The Kier molecular flexibility index (Phi) is 4.39. The summed E-state index contributed by atoms with van der Waals surface area (Å²) in [7, 11) is 1.66. The maximum Gasteiger partial charge on any atom is 0.148 e. The lowest BCUT2D eigenvalue weighted by atomic mass is 10.1. The van der Waals surface area contributed by atoms with Crippen LogP contribution in [0.15, 0.2) is 12.4 Å². The van der Waals surface area contributed by atoms with Gasteiger partial charge in [-0.3, -0.25) is 4.98 Å². The Labute approximate surface area is 123 Å². The SMILES string of the molecule is COc1c(C)cnc(CNc2nc(C)ncc2Cl)c1C. The Hall–Kier alpha value is -1.88. The number of hydrogen-bond donors (Lipinski definition) is 1. The Bertz CT molecular complexity index is 631. The molecule has 0 fully saturated rings. The van der Waals surface area contributed by atoms with Gasteiger partial charge in [0.15, 0.2) is 0 Å². The first kappa shape index (κ1) is 14.5. The third kappa shape index (κ3) is 2.99. The number of hydrogen-bond acceptors (Lipinski definition) is 5. The minimum absolute atomic E-state index is 0.493. The number of nitrogens with zero attached hydrogens (tertiary/aromatic N) is 3. The van der Waals surface area contributed by atoms with Crippen LogP contribution in [0.4, 0.5) is 5.82 Å². The summed E-state index contributed by atoms with van der Waals surface area (Å²) in [5, 5.41) is 3.67. The Morgan fingerprint density at radius 3 is 2.65 bits per heavy atom. The molecule has 20 heavy (non-hydrogen) atoms. The van der Waals surface area contributed by atoms with E-state index < -0.39 is 0 Å². The fraction of sp³-hybridized carbons (Fsp3) is 0.357. The van der Waals surface area contributed by atoms with E-state index in [-0.39, 0.29) is 0 Å². The van der Waals surface area contributed by atoms with Crippen molar-refractivity contribution >= 4 is 17.4 Å². The van der Waals surface area contributed by atoms with Gasteiger partial charge in [-0.1, -0.05) is 11.6 Å². The van der Waals surface area contributed by atoms with Crippen LogP contribution in [0, 0.1) is 20.8 Å². The lowest BCUT2D eigenvalue weighted by Gasteiger charge is -2.13. The van der Waals surface area contributed by atoms with Gasteiger partial charge in [0.05, 0.1) is 25.5 Å². The minimum Gasteiger partial charge on any atom is -0.496 e. The first-order valence-corrected chi connectivity index (χ1v) is 6.62. The highest BCUT2D eigenvalue weighted by molar-refractivity contribution is 6.32. The molecule has 2 aromatic heterocycles. The molecular weight excluding hydrogens is 276 g/mol. The fourth-order valence-corrected chi connectivity index (χ4v) is 2.15. The van der Waals surface area contributed by atoms with Crippen LogP contribution in [-0.4, -0.2) is 22.1 Å². The molecule has 0 atom stereocenters. The molecule has 0 saturated carbocycles. The molecule has 0 aliphatic heterocycles. The molecule has 5 nitrogen and oxygen atoms in total. The van der Waals surface area contributed by atoms with Gasteiger partial charge in [0.25, 0.3) is 0 Å². The second-order valence-corrected chi connectivity index (χ2v) is 4.92. The van der Waals surface area contributed by atoms with Gasteiger partial charge in [-0.25, -0.2) is 9.97 Å². The first-order valence-electron chi connectivity index (χ1n) is 6.25. The number of rotatable bonds is 4. The van der Waals surface area contributed by atoms with Gasteiger partial charge >= 0.3 is 0 Å². The van der Waals surface area contributed by atoms with Crippen molar-refractivity contribution in [1.29, 1.82) is 0 Å². The van der Waals surface area contributed by atoms with Crippen molar-refractivity contribution in [3.63, 3.8) is 0 Å². The van der Waals surface area contributed by atoms with Crippen molar-refractivity contribution in [3.8, 4) is 5.75 Å². The third-order valence-corrected chi connectivity index (χ3v) is 3.31. The van der Waals surface area contributed by atoms with Crippen LogP contribution in [-0.2, 0) is 6.54 Å². The van der Waals surface area contributed by atoms with E-state index >= 15 is 0 Å². The number of aryl methyl sites for hydroxylation is 2. The second kappa shape index (κ2) is 6.05. The molecule has 0 amide bonds. The van der Waals surface area contributed by atoms with E-state index in [1.54, 1.807) is 19.5 Å². The molecular formula is C14H17ClN4O. The standard InChI is InChI=1S/C14H17ClN4O/c1-8-5-17-12(9(2)13(8)20-4)7-18-14-11(15)6-16-10(3)19-14/h5-6H,7H2,1-4H3,(H,16,18,19). The molecule has 0 aliphatic carbocycles. The zero-order valence-corrected chi connectivity index (χ0v) is 12.7. The number of methoxy groups -OCH3 is 1. The molecule has 0 unspecified atom stereocenters. The Morgan fingerprint density at radius 2 is 1.95 bits per heavy atom. The molecule has 0 spiro atoms. The number of nitrogens with one attached hydrogen (secondary N) is 1. The number of aromatic nitrogens is 3. The topological polar surface area (TPSA) is 59.9 Å². The zero-order chi connectivity index (χ0) is 14.7. The summed E-state index contributed by atoms with van der Waals surface area (Å²) in [5.74, 6) is 2.14. The number of ether oxygens (including phenoxy) is 1. The van der Waals surface area contributed by atoms with E-state index in [0.29, 0.717) is 23.2 Å². The molecule has 0 aliphatic rings. The minimum atomic E-state index is 0.493. The van der Waals surface area contributed by atoms with Crippen LogP contribution in [0.5, 0.6) is 5.75 Å². The summed E-state index contributed by atoms with van der Waals surface area (Å²) < 4.78 is 5.39. The van der Waals surface area contributed by atoms with Gasteiger partial charge in [0.1, 0.15) is 22.4 Å². The van der Waals surface area contributed by atoms with E-state index in [2.05, 4.69) is 20.3 Å². The van der Waals surface area contributed by atoms with Crippen molar-refractivity contribution in [1.82, 2.24) is 15.0 Å². The van der Waals surface area contributed by atoms with E-state index in [4.69, 9.17) is 16.3 Å². The predicted octanol–water partition coefficient (Wildman–Crippen LogP) is 3.07. The predicted molar refractivity (Wildman–Crippen MR) is 79.4 cm³/mol. The monoisotopic (exact) mass is 292 g/mol. The molecule has 2 heterocycles. The number of pyridine rings is 1. The first-order chi connectivity index (χ1) is 9.52. The highest BCUT2D eigenvalue weighted by Gasteiger charge is 2.10. The molecule has 106 valence electrons. The molecule has 2 aromatic rings. The van der Waals surface area contributed by atoms with E-state index in [1.165, 1.54) is 0 Å².